The van der Waals surface area contributed by atoms with Gasteiger partial charge >= 0.3 is 0 Å². The summed E-state index contributed by atoms with van der Waals surface area (Å²) in [6.07, 6.45) is 5.94. The van der Waals surface area contributed by atoms with Crippen molar-refractivity contribution in [3.8, 4) is 0 Å². The third-order valence-electron chi connectivity index (χ3n) is 10.3. The number of carbonyl (C=O) groups is 4. The van der Waals surface area contributed by atoms with Crippen molar-refractivity contribution in [3.05, 3.63) is 77.4 Å². The number of ether oxygens (including phenoxy) is 1. The molecule has 3 heterocycles. The molecule has 2 fully saturated rings. The lowest BCUT2D eigenvalue weighted by Gasteiger charge is -2.34. The summed E-state index contributed by atoms with van der Waals surface area (Å²) >= 11 is 0. The summed E-state index contributed by atoms with van der Waals surface area (Å²) in [6, 6.07) is 14.8. The number of rotatable bonds is 17. The Morgan fingerprint density at radius 1 is 0.893 bits per heavy atom. The van der Waals surface area contributed by atoms with Crippen LogP contribution in [0.2, 0.25) is 0 Å². The van der Waals surface area contributed by atoms with Crippen LogP contribution in [0, 0.1) is 5.41 Å². The molecule has 2 aromatic rings. The zero-order valence-corrected chi connectivity index (χ0v) is 32.4. The van der Waals surface area contributed by atoms with Crippen LogP contribution in [0.4, 0.5) is 5.69 Å². The van der Waals surface area contributed by atoms with Gasteiger partial charge in [-0.15, -0.1) is 0 Å². The molecule has 0 aromatic heterocycles. The van der Waals surface area contributed by atoms with E-state index in [0.717, 1.165) is 70.8 Å². The van der Waals surface area contributed by atoms with Crippen LogP contribution in [0.25, 0.3) is 0 Å². The highest BCUT2D eigenvalue weighted by Gasteiger charge is 2.28. The first kappa shape index (κ1) is 42.1. The minimum Gasteiger partial charge on any atom is -0.379 e. The highest BCUT2D eigenvalue weighted by Crippen LogP contribution is 2.29. The average molecular weight is 772 g/mol. The predicted octanol–water partition coefficient (Wildman–Crippen LogP) is 0.572. The molecule has 2 saturated heterocycles. The molecular weight excluding hydrogens is 715 g/mol. The minimum absolute atomic E-state index is 0.00260. The van der Waals surface area contributed by atoms with Gasteiger partial charge in [0.2, 0.25) is 23.6 Å². The minimum atomic E-state index is -0.275. The number of nitrogens with zero attached hydrogens (tertiary/aromatic N) is 5. The molecule has 16 heteroatoms. The van der Waals surface area contributed by atoms with E-state index in [1.54, 1.807) is 23.1 Å². The summed E-state index contributed by atoms with van der Waals surface area (Å²) in [5.74, 6) is 5.20. The Balaban J connectivity index is 0.908. The van der Waals surface area contributed by atoms with Gasteiger partial charge in [-0.1, -0.05) is 48.5 Å². The van der Waals surface area contributed by atoms with Gasteiger partial charge in [0.15, 0.2) is 0 Å². The first-order valence-electron chi connectivity index (χ1n) is 19.6. The van der Waals surface area contributed by atoms with Crippen molar-refractivity contribution in [2.75, 3.05) is 90.6 Å². The van der Waals surface area contributed by atoms with Crippen LogP contribution in [-0.2, 0) is 30.5 Å². The number of fused-ring (bicyclic) bond motifs is 2. The smallest absolute Gasteiger partial charge is 0.246 e. The number of piperazine rings is 1. The number of anilines is 1. The lowest BCUT2D eigenvalue weighted by atomic mass is 9.92. The van der Waals surface area contributed by atoms with E-state index in [0.29, 0.717) is 23.4 Å². The maximum Gasteiger partial charge on any atom is 0.246 e. The molecule has 0 aliphatic carbocycles. The summed E-state index contributed by atoms with van der Waals surface area (Å²) in [5.41, 5.74) is 9.23. The predicted molar refractivity (Wildman–Crippen MR) is 216 cm³/mol. The van der Waals surface area contributed by atoms with Crippen molar-refractivity contribution < 1.29 is 23.9 Å². The topological polar surface area (TPSA) is 201 Å². The molecule has 0 bridgehead atoms. The summed E-state index contributed by atoms with van der Waals surface area (Å²) < 4.78 is 5.57. The highest BCUT2D eigenvalue weighted by molar-refractivity contribution is 6.53. The first-order valence-corrected chi connectivity index (χ1v) is 19.6. The van der Waals surface area contributed by atoms with Crippen LogP contribution in [0.3, 0.4) is 0 Å². The zero-order chi connectivity index (χ0) is 39.7. The van der Waals surface area contributed by atoms with Gasteiger partial charge in [-0.25, -0.2) is 0 Å². The second-order valence-corrected chi connectivity index (χ2v) is 14.1. The van der Waals surface area contributed by atoms with Crippen LogP contribution < -0.4 is 32.2 Å². The Morgan fingerprint density at radius 3 is 2.39 bits per heavy atom. The summed E-state index contributed by atoms with van der Waals surface area (Å²) in [4.78, 5) is 59.3. The summed E-state index contributed by atoms with van der Waals surface area (Å²) in [5, 5.41) is 18.4. The van der Waals surface area contributed by atoms with Gasteiger partial charge in [-0.05, 0) is 31.5 Å². The fourth-order valence-corrected chi connectivity index (χ4v) is 7.20. The number of amides is 4. The number of hydrogen-bond donors (Lipinski definition) is 6. The standard InChI is InChI=1S/C40H57N11O5/c1-43-47-31-9-6-20-50(29-31)37(54)13-7-19-48-22-24-49(25-23-48)21-17-44-36(53)16-26-56-27-18-45-35(52)14-15-38(55)51-28-30-8-2-3-10-32(30)39(41)40(46-42)33-11-4-5-12-34(33)51/h2-5,7-8,10-13,31,41,43,47H,6,9,14-29,42H2,1H3,(H,44,53)(H,45,52)/b13-7+,41-39?,46-40?/t31-/m1/s1. The molecule has 56 heavy (non-hydrogen) atoms. The van der Waals surface area contributed by atoms with Crippen molar-refractivity contribution in [2.45, 2.75) is 44.7 Å². The van der Waals surface area contributed by atoms with Crippen molar-refractivity contribution in [1.29, 1.82) is 5.41 Å². The van der Waals surface area contributed by atoms with Crippen molar-refractivity contribution >= 4 is 40.7 Å². The van der Waals surface area contributed by atoms with Crippen LogP contribution in [0.15, 0.2) is 65.8 Å². The Hall–Kier alpha value is -5.00. The van der Waals surface area contributed by atoms with Gasteiger partial charge in [-0.2, -0.15) is 5.10 Å². The van der Waals surface area contributed by atoms with Gasteiger partial charge in [0.25, 0.3) is 0 Å². The fraction of sp³-hybridized carbons (Fsp3) is 0.500. The number of hydrogen-bond acceptors (Lipinski definition) is 12. The van der Waals surface area contributed by atoms with E-state index in [1.165, 1.54) is 0 Å². The molecule has 0 radical (unpaired) electrons. The van der Waals surface area contributed by atoms with Gasteiger partial charge < -0.3 is 31.0 Å². The summed E-state index contributed by atoms with van der Waals surface area (Å²) in [6.45, 7) is 8.21. The molecule has 7 N–H and O–H groups in total. The Morgan fingerprint density at radius 2 is 1.61 bits per heavy atom. The highest BCUT2D eigenvalue weighted by atomic mass is 16.5. The van der Waals surface area contributed by atoms with E-state index >= 15 is 0 Å². The van der Waals surface area contributed by atoms with Crippen LogP contribution in [0.5, 0.6) is 0 Å². The number of hydrazine groups is 1. The number of likely N-dealkylation sites (tertiary alicyclic amines) is 1. The Bertz CT molecular complexity index is 1720. The fourth-order valence-electron chi connectivity index (χ4n) is 7.20. The molecule has 302 valence electrons. The van der Waals surface area contributed by atoms with E-state index in [1.807, 2.05) is 54.4 Å². The monoisotopic (exact) mass is 771 g/mol. The van der Waals surface area contributed by atoms with Crippen molar-refractivity contribution in [1.82, 2.24) is 36.2 Å². The first-order chi connectivity index (χ1) is 27.3. The van der Waals surface area contributed by atoms with E-state index < -0.39 is 0 Å². The molecular formula is C40H57N11O5. The summed E-state index contributed by atoms with van der Waals surface area (Å²) in [7, 11) is 1.85. The SMILES string of the molecule is CNN[C@@H]1CCCN(C(=O)/C=C/CN2CCN(CCNC(=O)CCOCCNC(=O)CCC(=O)N3Cc4ccccc4C(=N)C(=NN)c4ccccc43)CC2)C1. The molecule has 3 aliphatic rings. The van der Waals surface area contributed by atoms with E-state index in [4.69, 9.17) is 16.0 Å². The quantitative estimate of drug-likeness (QED) is 0.0572. The molecule has 1 atom stereocenters. The van der Waals surface area contributed by atoms with Crippen molar-refractivity contribution in [2.24, 2.45) is 10.9 Å². The molecule has 3 aliphatic heterocycles. The largest absolute Gasteiger partial charge is 0.379 e. The lowest BCUT2D eigenvalue weighted by Crippen LogP contribution is -2.50. The molecule has 0 unspecified atom stereocenters. The van der Waals surface area contributed by atoms with Gasteiger partial charge in [0, 0.05) is 108 Å². The lowest BCUT2D eigenvalue weighted by molar-refractivity contribution is -0.127. The Labute approximate surface area is 329 Å². The number of piperidine rings is 1. The number of hydrazone groups is 1. The van der Waals surface area contributed by atoms with Gasteiger partial charge in [0.1, 0.15) is 5.71 Å². The van der Waals surface area contributed by atoms with Crippen molar-refractivity contribution in [3.63, 3.8) is 0 Å². The molecule has 0 saturated carbocycles. The van der Waals surface area contributed by atoms with Gasteiger partial charge in [-0.3, -0.25) is 45.2 Å². The molecule has 5 rings (SSSR count). The van der Waals surface area contributed by atoms with Crippen LogP contribution in [-0.4, -0.2) is 142 Å². The second kappa shape index (κ2) is 21.9. The number of benzene rings is 2. The molecule has 2 aromatic carbocycles. The van der Waals surface area contributed by atoms with E-state index in [-0.39, 0.29) is 86.7 Å². The molecule has 4 amide bonds. The van der Waals surface area contributed by atoms with Crippen LogP contribution in [0.1, 0.15) is 48.8 Å². The third kappa shape index (κ3) is 12.2. The number of carbonyl (C=O) groups excluding carboxylic acids is 4. The number of nitrogens with one attached hydrogen (secondary N) is 5. The van der Waals surface area contributed by atoms with E-state index in [2.05, 4.69) is 36.4 Å². The average Bonchev–Trinajstić information content (AvgIpc) is 3.21. The maximum absolute atomic E-state index is 13.5. The number of para-hydroxylation sites is 1. The van der Waals surface area contributed by atoms with Gasteiger partial charge in [0.05, 0.1) is 31.2 Å². The maximum atomic E-state index is 13.5. The second-order valence-electron chi connectivity index (χ2n) is 14.1. The van der Waals surface area contributed by atoms with Crippen LogP contribution >= 0.6 is 0 Å². The number of nitrogens with two attached hydrogens (primary N) is 1. The zero-order valence-electron chi connectivity index (χ0n) is 32.4. The third-order valence-corrected chi connectivity index (χ3v) is 10.3. The van der Waals surface area contributed by atoms with E-state index in [9.17, 15) is 19.2 Å². The normalized spacial score (nSPS) is 18.6. The molecule has 16 nitrogen and oxygen atoms in total. The Kier molecular flexibility index (Phi) is 16.5. The molecule has 0 spiro atoms.